The van der Waals surface area contributed by atoms with Gasteiger partial charge in [0.05, 0.1) is 10.6 Å². The standard InChI is InChI=1S/C14H16ClFN2S/c1-14(2,3)18-8-9-7-17-13(19-9)12-10(15)5-4-6-11(12)16/h4-7,18H,8H2,1-3H3. The fourth-order valence-electron chi connectivity index (χ4n) is 1.56. The molecule has 102 valence electrons. The van der Waals surface area contributed by atoms with Gasteiger partial charge in [0.2, 0.25) is 0 Å². The predicted molar refractivity (Wildman–Crippen MR) is 79.1 cm³/mol. The molecule has 0 radical (unpaired) electrons. The zero-order valence-electron chi connectivity index (χ0n) is 11.1. The van der Waals surface area contributed by atoms with Gasteiger partial charge < -0.3 is 5.32 Å². The van der Waals surface area contributed by atoms with Crippen LogP contribution in [0.4, 0.5) is 4.39 Å². The Labute approximate surface area is 121 Å². The predicted octanol–water partition coefficient (Wildman–Crippen LogP) is 4.49. The fourth-order valence-corrected chi connectivity index (χ4v) is 2.78. The van der Waals surface area contributed by atoms with E-state index in [1.165, 1.54) is 17.4 Å². The van der Waals surface area contributed by atoms with Gasteiger partial charge in [-0.3, -0.25) is 0 Å². The number of nitrogens with zero attached hydrogens (tertiary/aromatic N) is 1. The SMILES string of the molecule is CC(C)(C)NCc1cnc(-c2c(F)cccc2Cl)s1. The highest BCUT2D eigenvalue weighted by Crippen LogP contribution is 2.33. The Morgan fingerprint density at radius 3 is 2.74 bits per heavy atom. The van der Waals surface area contributed by atoms with Crippen LogP contribution in [0.1, 0.15) is 25.6 Å². The minimum atomic E-state index is -0.336. The van der Waals surface area contributed by atoms with Crippen molar-refractivity contribution in [3.8, 4) is 10.6 Å². The van der Waals surface area contributed by atoms with E-state index in [0.717, 1.165) is 4.88 Å². The monoisotopic (exact) mass is 298 g/mol. The summed E-state index contributed by atoms with van der Waals surface area (Å²) in [6, 6.07) is 4.67. The van der Waals surface area contributed by atoms with E-state index < -0.39 is 0 Å². The number of nitrogens with one attached hydrogen (secondary N) is 1. The molecule has 1 N–H and O–H groups in total. The molecular formula is C14H16ClFN2S. The first-order valence-corrected chi connectivity index (χ1v) is 7.20. The van der Waals surface area contributed by atoms with Crippen LogP contribution in [0.15, 0.2) is 24.4 Å². The third-order valence-electron chi connectivity index (χ3n) is 2.52. The molecule has 19 heavy (non-hydrogen) atoms. The molecule has 0 atom stereocenters. The zero-order chi connectivity index (χ0) is 14.0. The summed E-state index contributed by atoms with van der Waals surface area (Å²) in [5.74, 6) is -0.336. The first kappa shape index (κ1) is 14.4. The number of rotatable bonds is 3. The van der Waals surface area contributed by atoms with Crippen LogP contribution in [0.3, 0.4) is 0 Å². The molecule has 0 saturated carbocycles. The second-order valence-corrected chi connectivity index (χ2v) is 6.85. The van der Waals surface area contributed by atoms with Gasteiger partial charge in [-0.25, -0.2) is 9.37 Å². The van der Waals surface area contributed by atoms with E-state index in [1.54, 1.807) is 18.3 Å². The molecule has 5 heteroatoms. The molecule has 0 fully saturated rings. The van der Waals surface area contributed by atoms with Gasteiger partial charge in [0.15, 0.2) is 0 Å². The molecule has 1 aromatic carbocycles. The van der Waals surface area contributed by atoms with Crippen LogP contribution < -0.4 is 5.32 Å². The Kier molecular flexibility index (Phi) is 4.23. The largest absolute Gasteiger partial charge is 0.307 e. The van der Waals surface area contributed by atoms with E-state index in [0.29, 0.717) is 22.1 Å². The summed E-state index contributed by atoms with van der Waals surface area (Å²) >= 11 is 7.49. The average Bonchev–Trinajstić information content (AvgIpc) is 2.74. The maximum absolute atomic E-state index is 13.8. The van der Waals surface area contributed by atoms with Gasteiger partial charge in [0.1, 0.15) is 10.8 Å². The molecule has 2 nitrogen and oxygen atoms in total. The Balaban J connectivity index is 2.22. The van der Waals surface area contributed by atoms with Gasteiger partial charge in [0, 0.05) is 23.2 Å². The quantitative estimate of drug-likeness (QED) is 0.903. The molecule has 0 saturated heterocycles. The van der Waals surface area contributed by atoms with Crippen molar-refractivity contribution in [2.75, 3.05) is 0 Å². The lowest BCUT2D eigenvalue weighted by molar-refractivity contribution is 0.426. The van der Waals surface area contributed by atoms with E-state index in [2.05, 4.69) is 31.1 Å². The van der Waals surface area contributed by atoms with E-state index >= 15 is 0 Å². The van der Waals surface area contributed by atoms with Gasteiger partial charge in [-0.05, 0) is 32.9 Å². The van der Waals surface area contributed by atoms with E-state index in [9.17, 15) is 4.39 Å². The summed E-state index contributed by atoms with van der Waals surface area (Å²) in [5.41, 5.74) is 0.427. The van der Waals surface area contributed by atoms with Gasteiger partial charge in [-0.2, -0.15) is 0 Å². The van der Waals surface area contributed by atoms with Crippen LogP contribution in [-0.4, -0.2) is 10.5 Å². The summed E-state index contributed by atoms with van der Waals surface area (Å²) < 4.78 is 13.8. The lowest BCUT2D eigenvalue weighted by atomic mass is 10.1. The lowest BCUT2D eigenvalue weighted by Gasteiger charge is -2.19. The van der Waals surface area contributed by atoms with Crippen LogP contribution in [0.25, 0.3) is 10.6 Å². The number of hydrogen-bond donors (Lipinski definition) is 1. The normalized spacial score (nSPS) is 11.8. The van der Waals surface area contributed by atoms with Gasteiger partial charge in [-0.1, -0.05) is 17.7 Å². The van der Waals surface area contributed by atoms with Crippen molar-refractivity contribution in [1.29, 1.82) is 0 Å². The highest BCUT2D eigenvalue weighted by Gasteiger charge is 2.14. The van der Waals surface area contributed by atoms with Crippen molar-refractivity contribution in [3.63, 3.8) is 0 Å². The smallest absolute Gasteiger partial charge is 0.134 e. The van der Waals surface area contributed by atoms with Crippen LogP contribution in [-0.2, 0) is 6.54 Å². The molecule has 0 aliphatic rings. The van der Waals surface area contributed by atoms with Crippen LogP contribution in [0.2, 0.25) is 5.02 Å². The average molecular weight is 299 g/mol. The summed E-state index contributed by atoms with van der Waals surface area (Å²) in [6.07, 6.45) is 1.77. The molecule has 1 heterocycles. The summed E-state index contributed by atoms with van der Waals surface area (Å²) in [7, 11) is 0. The topological polar surface area (TPSA) is 24.9 Å². The molecule has 0 amide bonds. The fraction of sp³-hybridized carbons (Fsp3) is 0.357. The van der Waals surface area contributed by atoms with E-state index in [4.69, 9.17) is 11.6 Å². The molecular weight excluding hydrogens is 283 g/mol. The maximum Gasteiger partial charge on any atom is 0.134 e. The van der Waals surface area contributed by atoms with Crippen molar-refractivity contribution >= 4 is 22.9 Å². The maximum atomic E-state index is 13.8. The number of aromatic nitrogens is 1. The Morgan fingerprint density at radius 2 is 2.11 bits per heavy atom. The van der Waals surface area contributed by atoms with Crippen LogP contribution >= 0.6 is 22.9 Å². The second-order valence-electron chi connectivity index (χ2n) is 5.33. The highest BCUT2D eigenvalue weighted by atomic mass is 35.5. The molecule has 2 aromatic rings. The first-order valence-electron chi connectivity index (χ1n) is 6.01. The van der Waals surface area contributed by atoms with Crippen molar-refractivity contribution in [2.24, 2.45) is 0 Å². The molecule has 0 unspecified atom stereocenters. The summed E-state index contributed by atoms with van der Waals surface area (Å²) in [4.78, 5) is 5.32. The molecule has 0 aliphatic carbocycles. The number of hydrogen-bond acceptors (Lipinski definition) is 3. The number of benzene rings is 1. The lowest BCUT2D eigenvalue weighted by Crippen LogP contribution is -2.34. The first-order chi connectivity index (χ1) is 8.87. The molecule has 0 bridgehead atoms. The van der Waals surface area contributed by atoms with Crippen molar-refractivity contribution in [1.82, 2.24) is 10.3 Å². The third kappa shape index (κ3) is 3.75. The van der Waals surface area contributed by atoms with E-state index in [1.807, 2.05) is 0 Å². The van der Waals surface area contributed by atoms with Crippen molar-refractivity contribution in [2.45, 2.75) is 32.9 Å². The molecule has 0 spiro atoms. The van der Waals surface area contributed by atoms with E-state index in [-0.39, 0.29) is 11.4 Å². The third-order valence-corrected chi connectivity index (χ3v) is 3.85. The zero-order valence-corrected chi connectivity index (χ0v) is 12.7. The van der Waals surface area contributed by atoms with Gasteiger partial charge >= 0.3 is 0 Å². The molecule has 2 rings (SSSR count). The number of halogens is 2. The van der Waals surface area contributed by atoms with Crippen LogP contribution in [0, 0.1) is 5.82 Å². The summed E-state index contributed by atoms with van der Waals surface area (Å²) in [5, 5.41) is 4.39. The minimum Gasteiger partial charge on any atom is -0.307 e. The number of thiazole rings is 1. The Bertz CT molecular complexity index is 555. The Hall–Kier alpha value is -0.970. The van der Waals surface area contributed by atoms with Crippen LogP contribution in [0.5, 0.6) is 0 Å². The highest BCUT2D eigenvalue weighted by molar-refractivity contribution is 7.15. The minimum absolute atomic E-state index is 0.0415. The molecule has 1 aromatic heterocycles. The van der Waals surface area contributed by atoms with Crippen molar-refractivity contribution in [3.05, 3.63) is 40.1 Å². The van der Waals surface area contributed by atoms with Crippen molar-refractivity contribution < 1.29 is 4.39 Å². The summed E-state index contributed by atoms with van der Waals surface area (Å²) in [6.45, 7) is 7.02. The molecule has 0 aliphatic heterocycles. The Morgan fingerprint density at radius 1 is 1.37 bits per heavy atom. The van der Waals surface area contributed by atoms with Gasteiger partial charge in [0.25, 0.3) is 0 Å². The van der Waals surface area contributed by atoms with Gasteiger partial charge in [-0.15, -0.1) is 11.3 Å². The second kappa shape index (κ2) is 5.57.